The second-order valence-electron chi connectivity index (χ2n) is 0.838. The van der Waals surface area contributed by atoms with Crippen molar-refractivity contribution >= 4 is 8.25 Å². The van der Waals surface area contributed by atoms with Crippen LogP contribution in [0.3, 0.4) is 0 Å². The molecule has 0 aliphatic rings. The molecule has 1 unspecified atom stereocenters. The summed E-state index contributed by atoms with van der Waals surface area (Å²) in [7, 11) is -0.811. The van der Waals surface area contributed by atoms with E-state index in [1.807, 2.05) is 0 Å². The number of hydrogen-bond acceptors (Lipinski definition) is 4. The van der Waals surface area contributed by atoms with Crippen molar-refractivity contribution in [2.24, 2.45) is 0 Å². The smallest absolute Gasteiger partial charge is 0.196 e. The van der Waals surface area contributed by atoms with E-state index in [4.69, 9.17) is 5.26 Å². The van der Waals surface area contributed by atoms with Gasteiger partial charge in [0.1, 0.15) is 0 Å². The van der Waals surface area contributed by atoms with Crippen molar-refractivity contribution in [1.82, 2.24) is 0 Å². The molecule has 0 aromatic rings. The van der Waals surface area contributed by atoms with Crippen LogP contribution in [0.4, 0.5) is 0 Å². The quantitative estimate of drug-likeness (QED) is 0.536. The summed E-state index contributed by atoms with van der Waals surface area (Å²) in [5.41, 5.74) is 0. The normalized spacial score (nSPS) is 10.2. The van der Waals surface area contributed by atoms with Crippen molar-refractivity contribution in [3.05, 3.63) is 0 Å². The predicted octanol–water partition coefficient (Wildman–Crippen LogP) is 0.830. The summed E-state index contributed by atoms with van der Waals surface area (Å²) < 4.78 is 18.6. The van der Waals surface area contributed by atoms with E-state index < -0.39 is 8.25 Å². The highest BCUT2D eigenvalue weighted by atomic mass is 31.1. The van der Waals surface area contributed by atoms with Gasteiger partial charge in [0.15, 0.2) is 6.61 Å². The molecule has 8 heavy (non-hydrogen) atoms. The van der Waals surface area contributed by atoms with E-state index in [0.29, 0.717) is 0 Å². The fourth-order valence-corrected chi connectivity index (χ4v) is 0.403. The van der Waals surface area contributed by atoms with Crippen LogP contribution in [-0.2, 0) is 13.6 Å². The molecule has 0 saturated carbocycles. The maximum Gasteiger partial charge on any atom is 0.698 e. The van der Waals surface area contributed by atoms with E-state index in [1.54, 1.807) is 6.07 Å². The average molecular weight is 134 g/mol. The van der Waals surface area contributed by atoms with Crippen molar-refractivity contribution < 1.29 is 13.6 Å². The lowest BCUT2D eigenvalue weighted by molar-refractivity contribution is 0.282. The second-order valence-corrected chi connectivity index (χ2v) is 1.91. The SMILES string of the molecule is CO[P+](=O)OCC#N. The highest BCUT2D eigenvalue weighted by Crippen LogP contribution is 2.20. The highest BCUT2D eigenvalue weighted by Gasteiger charge is 2.15. The van der Waals surface area contributed by atoms with Gasteiger partial charge >= 0.3 is 8.25 Å². The summed E-state index contributed by atoms with van der Waals surface area (Å²) in [5.74, 6) is 0. The van der Waals surface area contributed by atoms with Gasteiger partial charge in [-0.15, -0.1) is 9.05 Å². The highest BCUT2D eigenvalue weighted by molar-refractivity contribution is 7.33. The summed E-state index contributed by atoms with van der Waals surface area (Å²) in [6.45, 7) is -0.191. The lowest BCUT2D eigenvalue weighted by Gasteiger charge is -1.72. The molecule has 44 valence electrons. The van der Waals surface area contributed by atoms with Crippen LogP contribution in [-0.4, -0.2) is 13.7 Å². The minimum Gasteiger partial charge on any atom is -0.196 e. The minimum absolute atomic E-state index is 0.191. The van der Waals surface area contributed by atoms with Crippen LogP contribution in [0.5, 0.6) is 0 Å². The third-order valence-corrected chi connectivity index (χ3v) is 1.02. The van der Waals surface area contributed by atoms with E-state index in [1.165, 1.54) is 7.11 Å². The van der Waals surface area contributed by atoms with Crippen LogP contribution in [0.1, 0.15) is 0 Å². The Morgan fingerprint density at radius 3 is 2.88 bits per heavy atom. The molecule has 5 heteroatoms. The van der Waals surface area contributed by atoms with Gasteiger partial charge in [0.25, 0.3) is 0 Å². The third-order valence-electron chi connectivity index (χ3n) is 0.384. The van der Waals surface area contributed by atoms with Gasteiger partial charge in [-0.05, 0) is 0 Å². The molecule has 0 aliphatic carbocycles. The van der Waals surface area contributed by atoms with E-state index in [9.17, 15) is 4.57 Å². The number of hydrogen-bond donors (Lipinski definition) is 0. The van der Waals surface area contributed by atoms with Gasteiger partial charge in [-0.1, -0.05) is 0 Å². The Balaban J connectivity index is 3.15. The topological polar surface area (TPSA) is 59.3 Å². The molecule has 0 amide bonds. The van der Waals surface area contributed by atoms with Crippen LogP contribution in [0.25, 0.3) is 0 Å². The lowest BCUT2D eigenvalue weighted by Crippen LogP contribution is -1.79. The maximum absolute atomic E-state index is 10.1. The van der Waals surface area contributed by atoms with Crippen molar-refractivity contribution in [1.29, 1.82) is 5.26 Å². The van der Waals surface area contributed by atoms with Gasteiger partial charge in [0, 0.05) is 4.57 Å². The summed E-state index contributed by atoms with van der Waals surface area (Å²) in [6.07, 6.45) is 0. The van der Waals surface area contributed by atoms with Gasteiger partial charge in [-0.3, -0.25) is 0 Å². The molecule has 0 saturated heterocycles. The van der Waals surface area contributed by atoms with Crippen molar-refractivity contribution in [2.75, 3.05) is 13.7 Å². The molecule has 4 nitrogen and oxygen atoms in total. The molecular formula is C3H5NO3P+. The molecule has 0 aromatic carbocycles. The fourth-order valence-electron chi connectivity index (χ4n) is 0.134. The van der Waals surface area contributed by atoms with Crippen molar-refractivity contribution in [2.45, 2.75) is 0 Å². The van der Waals surface area contributed by atoms with Gasteiger partial charge in [-0.25, -0.2) is 0 Å². The van der Waals surface area contributed by atoms with Crippen LogP contribution < -0.4 is 0 Å². The van der Waals surface area contributed by atoms with E-state index in [-0.39, 0.29) is 6.61 Å². The van der Waals surface area contributed by atoms with E-state index in [0.717, 1.165) is 0 Å². The summed E-state index contributed by atoms with van der Waals surface area (Å²) in [5, 5.41) is 7.85. The van der Waals surface area contributed by atoms with Gasteiger partial charge < -0.3 is 0 Å². The van der Waals surface area contributed by atoms with Gasteiger partial charge in [0.05, 0.1) is 13.2 Å². The Kier molecular flexibility index (Phi) is 4.38. The molecular weight excluding hydrogens is 129 g/mol. The Morgan fingerprint density at radius 2 is 2.50 bits per heavy atom. The standard InChI is InChI=1S/C3H5NO3P/c1-6-8(5)7-3-2-4/h3H2,1H3/q+1. The molecule has 0 radical (unpaired) electrons. The monoisotopic (exact) mass is 134 g/mol. The molecule has 0 bridgehead atoms. The zero-order valence-electron chi connectivity index (χ0n) is 4.33. The Hall–Kier alpha value is -0.490. The summed E-state index contributed by atoms with van der Waals surface area (Å²) in [4.78, 5) is 0. The molecule has 0 aliphatic heterocycles. The van der Waals surface area contributed by atoms with Gasteiger partial charge in [0.2, 0.25) is 0 Å². The molecule has 0 rings (SSSR count). The summed E-state index contributed by atoms with van der Waals surface area (Å²) in [6, 6.07) is 1.65. The third kappa shape index (κ3) is 3.69. The van der Waals surface area contributed by atoms with E-state index in [2.05, 4.69) is 9.05 Å². The maximum atomic E-state index is 10.1. The van der Waals surface area contributed by atoms with Crippen molar-refractivity contribution in [3.63, 3.8) is 0 Å². The first-order valence-corrected chi connectivity index (χ1v) is 2.92. The lowest BCUT2D eigenvalue weighted by atomic mass is 10.9. The first-order valence-electron chi connectivity index (χ1n) is 1.82. The van der Waals surface area contributed by atoms with Crippen molar-refractivity contribution in [3.8, 4) is 6.07 Å². The minimum atomic E-state index is -2.06. The molecule has 1 atom stereocenters. The molecule has 0 heterocycles. The Bertz CT molecular complexity index is 118. The van der Waals surface area contributed by atoms with Gasteiger partial charge in [-0.2, -0.15) is 5.26 Å². The summed E-state index contributed by atoms with van der Waals surface area (Å²) >= 11 is 0. The molecule has 0 N–H and O–H groups in total. The zero-order chi connectivity index (χ0) is 6.41. The zero-order valence-corrected chi connectivity index (χ0v) is 5.22. The molecule has 0 spiro atoms. The first-order chi connectivity index (χ1) is 3.81. The fraction of sp³-hybridized carbons (Fsp3) is 0.667. The second kappa shape index (κ2) is 4.66. The largest absolute Gasteiger partial charge is 0.698 e. The Labute approximate surface area is 48.0 Å². The Morgan fingerprint density at radius 1 is 1.88 bits per heavy atom. The van der Waals surface area contributed by atoms with E-state index >= 15 is 0 Å². The first kappa shape index (κ1) is 7.51. The van der Waals surface area contributed by atoms with Crippen LogP contribution in [0.2, 0.25) is 0 Å². The molecule has 0 aromatic heterocycles. The van der Waals surface area contributed by atoms with Crippen LogP contribution in [0, 0.1) is 11.3 Å². The van der Waals surface area contributed by atoms with Crippen LogP contribution >= 0.6 is 8.25 Å². The number of rotatable bonds is 3. The average Bonchev–Trinajstić information content (AvgIpc) is 1.83. The number of nitrogens with zero attached hydrogens (tertiary/aromatic N) is 1. The predicted molar refractivity (Wildman–Crippen MR) is 26.2 cm³/mol. The number of nitriles is 1. The molecule has 0 fully saturated rings. The van der Waals surface area contributed by atoms with Crippen LogP contribution in [0.15, 0.2) is 0 Å².